The monoisotopic (exact) mass is 241 g/mol. The second kappa shape index (κ2) is 5.55. The molecule has 16 heavy (non-hydrogen) atoms. The highest BCUT2D eigenvalue weighted by Gasteiger charge is 2.26. The number of halogens is 1. The normalized spacial score (nSPS) is 21.6. The number of piperidine rings is 1. The highest BCUT2D eigenvalue weighted by atomic mass is 32.2. The third-order valence-electron chi connectivity index (χ3n) is 2.83. The van der Waals surface area contributed by atoms with Gasteiger partial charge >= 0.3 is 0 Å². The minimum Gasteiger partial charge on any atom is -0.263 e. The summed E-state index contributed by atoms with van der Waals surface area (Å²) in [6.45, 7) is 1.44. The maximum atomic E-state index is 14.0. The maximum Gasteiger partial charge on any atom is 0.233 e. The number of rotatable bonds is 3. The molecule has 1 heterocycles. The number of hydrogen-bond acceptors (Lipinski definition) is 2. The minimum absolute atomic E-state index is 0.570. The molecule has 0 aromatic heterocycles. The van der Waals surface area contributed by atoms with Gasteiger partial charge in [0.05, 0.1) is 0 Å². The summed E-state index contributed by atoms with van der Waals surface area (Å²) in [5.74, 6) is 0. The first-order chi connectivity index (χ1) is 7.79. The van der Waals surface area contributed by atoms with E-state index in [4.69, 9.17) is 0 Å². The summed E-state index contributed by atoms with van der Waals surface area (Å²) in [6, 6.07) is 8.85. The molecular weight excluding hydrogens is 225 g/mol. The molecule has 0 aliphatic carbocycles. The lowest BCUT2D eigenvalue weighted by Gasteiger charge is -2.28. The van der Waals surface area contributed by atoms with E-state index in [1.54, 1.807) is 29.2 Å². The third kappa shape index (κ3) is 2.68. The van der Waals surface area contributed by atoms with Crippen molar-refractivity contribution in [3.63, 3.8) is 0 Å². The van der Waals surface area contributed by atoms with Crippen molar-refractivity contribution in [3.05, 3.63) is 30.3 Å². The Labute approximate surface area is 97.9 Å². The predicted molar refractivity (Wildman–Crippen MR) is 63.2 cm³/mol. The fraction of sp³-hybridized carbons (Fsp3) is 0.500. The van der Waals surface area contributed by atoms with Crippen LogP contribution in [0, 0.1) is 0 Å². The summed E-state index contributed by atoms with van der Waals surface area (Å²) >= 11 is 0. The van der Waals surface area contributed by atoms with Crippen molar-refractivity contribution < 1.29 is 8.60 Å². The summed E-state index contributed by atoms with van der Waals surface area (Å²) < 4.78 is 25.9. The summed E-state index contributed by atoms with van der Waals surface area (Å²) in [4.78, 5) is 2.26. The Hall–Kier alpha value is -0.740. The van der Waals surface area contributed by atoms with Gasteiger partial charge in [-0.15, -0.1) is 0 Å². The van der Waals surface area contributed by atoms with E-state index in [0.29, 0.717) is 4.90 Å². The van der Waals surface area contributed by atoms with Crippen molar-refractivity contribution in [2.24, 2.45) is 0 Å². The summed E-state index contributed by atoms with van der Waals surface area (Å²) in [5, 5.41) is 0. The molecular formula is C12H16FNOS. The molecule has 1 aromatic carbocycles. The molecule has 1 aliphatic heterocycles. The summed E-state index contributed by atoms with van der Waals surface area (Å²) in [6.07, 6.45) is 3.17. The minimum atomic E-state index is -1.57. The van der Waals surface area contributed by atoms with Gasteiger partial charge in [-0.2, -0.15) is 0 Å². The topological polar surface area (TPSA) is 20.3 Å². The molecule has 0 bridgehead atoms. The lowest BCUT2D eigenvalue weighted by molar-refractivity contribution is 0.126. The van der Waals surface area contributed by atoms with E-state index in [2.05, 4.69) is 0 Å². The quantitative estimate of drug-likeness (QED) is 0.758. The van der Waals surface area contributed by atoms with Gasteiger partial charge in [0.15, 0.2) is 0 Å². The second-order valence-electron chi connectivity index (χ2n) is 4.00. The Bertz CT molecular complexity index is 351. The van der Waals surface area contributed by atoms with Crippen molar-refractivity contribution in [1.82, 2.24) is 4.90 Å². The Kier molecular flexibility index (Phi) is 4.07. The van der Waals surface area contributed by atoms with Crippen molar-refractivity contribution in [1.29, 1.82) is 0 Å². The van der Waals surface area contributed by atoms with E-state index < -0.39 is 16.4 Å². The summed E-state index contributed by atoms with van der Waals surface area (Å²) in [7, 11) is -1.57. The molecule has 1 saturated heterocycles. The molecule has 88 valence electrons. The first-order valence-corrected chi connectivity index (χ1v) is 6.84. The lowest BCUT2D eigenvalue weighted by Crippen LogP contribution is -2.39. The van der Waals surface area contributed by atoms with Crippen LogP contribution >= 0.6 is 0 Å². The van der Waals surface area contributed by atoms with Gasteiger partial charge in [0, 0.05) is 18.0 Å². The molecule has 4 heteroatoms. The first kappa shape index (κ1) is 11.7. The average molecular weight is 241 g/mol. The molecule has 2 rings (SSSR count). The fourth-order valence-corrected chi connectivity index (χ4v) is 3.06. The van der Waals surface area contributed by atoms with Gasteiger partial charge < -0.3 is 0 Å². The van der Waals surface area contributed by atoms with Crippen LogP contribution in [0.5, 0.6) is 0 Å². The molecule has 1 aliphatic rings. The molecule has 2 unspecified atom stereocenters. The Morgan fingerprint density at radius 1 is 1.12 bits per heavy atom. The number of hydrogen-bond donors (Lipinski definition) is 0. The molecule has 0 amide bonds. The lowest BCUT2D eigenvalue weighted by atomic mass is 10.1. The Morgan fingerprint density at radius 2 is 1.75 bits per heavy atom. The van der Waals surface area contributed by atoms with Gasteiger partial charge in [-0.05, 0) is 25.0 Å². The van der Waals surface area contributed by atoms with Gasteiger partial charge in [-0.3, -0.25) is 4.90 Å². The van der Waals surface area contributed by atoms with E-state index in [9.17, 15) is 8.60 Å². The highest BCUT2D eigenvalue weighted by molar-refractivity contribution is 7.85. The standard InChI is InChI=1S/C12H16FNOS/c13-12(14-9-5-2-6-10-14)16(15)11-7-3-1-4-8-11/h1,3-4,7-8,12H,2,5-6,9-10H2. The Morgan fingerprint density at radius 3 is 2.38 bits per heavy atom. The average Bonchev–Trinajstić information content (AvgIpc) is 2.39. The molecule has 0 spiro atoms. The highest BCUT2D eigenvalue weighted by Crippen LogP contribution is 2.19. The molecule has 0 saturated carbocycles. The molecule has 0 radical (unpaired) electrons. The molecule has 1 aromatic rings. The fourth-order valence-electron chi connectivity index (χ4n) is 1.92. The smallest absolute Gasteiger partial charge is 0.233 e. The van der Waals surface area contributed by atoms with Gasteiger partial charge in [-0.25, -0.2) is 8.60 Å². The third-order valence-corrected chi connectivity index (χ3v) is 4.22. The molecule has 2 atom stereocenters. The van der Waals surface area contributed by atoms with Gasteiger partial charge in [0.1, 0.15) is 10.8 Å². The van der Waals surface area contributed by atoms with Crippen LogP contribution in [0.3, 0.4) is 0 Å². The maximum absolute atomic E-state index is 14.0. The zero-order valence-electron chi connectivity index (χ0n) is 9.14. The molecule has 1 fully saturated rings. The van der Waals surface area contributed by atoms with E-state index in [1.807, 2.05) is 6.07 Å². The second-order valence-corrected chi connectivity index (χ2v) is 5.45. The number of nitrogens with zero attached hydrogens (tertiary/aromatic N) is 1. The van der Waals surface area contributed by atoms with Crippen molar-refractivity contribution in [2.45, 2.75) is 29.8 Å². The van der Waals surface area contributed by atoms with Gasteiger partial charge in [-0.1, -0.05) is 24.6 Å². The zero-order valence-corrected chi connectivity index (χ0v) is 9.96. The SMILES string of the molecule is O=S(c1ccccc1)C(F)N1CCCCC1. The number of likely N-dealkylation sites (tertiary alicyclic amines) is 1. The van der Waals surface area contributed by atoms with Crippen molar-refractivity contribution >= 4 is 10.8 Å². The van der Waals surface area contributed by atoms with Crippen LogP contribution in [-0.4, -0.2) is 27.8 Å². The zero-order chi connectivity index (χ0) is 11.4. The van der Waals surface area contributed by atoms with E-state index in [1.165, 1.54) is 0 Å². The van der Waals surface area contributed by atoms with E-state index in [0.717, 1.165) is 32.4 Å². The van der Waals surface area contributed by atoms with E-state index in [-0.39, 0.29) is 0 Å². The van der Waals surface area contributed by atoms with Crippen LogP contribution in [0.2, 0.25) is 0 Å². The predicted octanol–water partition coefficient (Wildman–Crippen LogP) is 2.53. The van der Waals surface area contributed by atoms with Crippen LogP contribution in [0.1, 0.15) is 19.3 Å². The van der Waals surface area contributed by atoms with E-state index >= 15 is 0 Å². The van der Waals surface area contributed by atoms with Crippen LogP contribution in [0.4, 0.5) is 4.39 Å². The van der Waals surface area contributed by atoms with Crippen molar-refractivity contribution in [3.8, 4) is 0 Å². The Balaban J connectivity index is 2.04. The van der Waals surface area contributed by atoms with Crippen LogP contribution in [0.25, 0.3) is 0 Å². The van der Waals surface area contributed by atoms with Crippen LogP contribution < -0.4 is 0 Å². The number of alkyl halides is 1. The largest absolute Gasteiger partial charge is 0.263 e. The molecule has 0 N–H and O–H groups in total. The summed E-state index contributed by atoms with van der Waals surface area (Å²) in [5.41, 5.74) is -1.36. The van der Waals surface area contributed by atoms with Gasteiger partial charge in [0.2, 0.25) is 5.63 Å². The van der Waals surface area contributed by atoms with Crippen LogP contribution in [-0.2, 0) is 10.8 Å². The first-order valence-electron chi connectivity index (χ1n) is 5.63. The van der Waals surface area contributed by atoms with Crippen molar-refractivity contribution in [2.75, 3.05) is 13.1 Å². The van der Waals surface area contributed by atoms with Crippen LogP contribution in [0.15, 0.2) is 35.2 Å². The number of benzene rings is 1. The van der Waals surface area contributed by atoms with Gasteiger partial charge in [0.25, 0.3) is 0 Å². The molecule has 2 nitrogen and oxygen atoms in total.